The van der Waals surface area contributed by atoms with Gasteiger partial charge in [-0.3, -0.25) is 0 Å². The lowest BCUT2D eigenvalue weighted by atomic mass is 10.2. The molecule has 2 heterocycles. The van der Waals surface area contributed by atoms with E-state index in [2.05, 4.69) is 41.7 Å². The van der Waals surface area contributed by atoms with Gasteiger partial charge in [-0.2, -0.15) is 0 Å². The van der Waals surface area contributed by atoms with E-state index < -0.39 is 0 Å². The summed E-state index contributed by atoms with van der Waals surface area (Å²) in [5.74, 6) is 3.83. The number of aryl methyl sites for hydroxylation is 2. The molecule has 0 radical (unpaired) electrons. The van der Waals surface area contributed by atoms with E-state index in [1.54, 1.807) is 0 Å². The summed E-state index contributed by atoms with van der Waals surface area (Å²) in [4.78, 5) is 4.43. The van der Waals surface area contributed by atoms with Crippen LogP contribution in [0.2, 0.25) is 0 Å². The Kier molecular flexibility index (Phi) is 5.62. The van der Waals surface area contributed by atoms with Gasteiger partial charge >= 0.3 is 0 Å². The number of nitrogens with zero attached hydrogens (tertiary/aromatic N) is 2. The van der Waals surface area contributed by atoms with Crippen LogP contribution in [0.5, 0.6) is 0 Å². The summed E-state index contributed by atoms with van der Waals surface area (Å²) in [6.07, 6.45) is 6.07. The molecular weight excluding hydrogens is 262 g/mol. The first kappa shape index (κ1) is 15.8. The average molecular weight is 289 g/mol. The zero-order valence-corrected chi connectivity index (χ0v) is 13.6. The molecule has 116 valence electrons. The van der Waals surface area contributed by atoms with Crippen LogP contribution in [0.4, 0.5) is 0 Å². The first-order valence-corrected chi connectivity index (χ1v) is 7.89. The highest BCUT2D eigenvalue weighted by atomic mass is 16.3. The highest BCUT2D eigenvalue weighted by Gasteiger charge is 2.10. The first-order chi connectivity index (χ1) is 10.1. The number of imidazole rings is 1. The second kappa shape index (κ2) is 7.46. The van der Waals surface area contributed by atoms with Crippen LogP contribution in [0.1, 0.15) is 50.1 Å². The fraction of sp³-hybridized carbons (Fsp3) is 0.588. The number of furan rings is 1. The Labute approximate surface area is 127 Å². The molecule has 0 saturated carbocycles. The quantitative estimate of drug-likeness (QED) is 0.808. The Morgan fingerprint density at radius 2 is 2.19 bits per heavy atom. The molecule has 0 atom stereocenters. The van der Waals surface area contributed by atoms with Gasteiger partial charge in [0, 0.05) is 24.4 Å². The average Bonchev–Trinajstić information content (AvgIpc) is 2.98. The number of rotatable bonds is 8. The van der Waals surface area contributed by atoms with Crippen molar-refractivity contribution in [2.75, 3.05) is 6.54 Å². The van der Waals surface area contributed by atoms with Gasteiger partial charge in [0.15, 0.2) is 0 Å². The van der Waals surface area contributed by atoms with Crippen molar-refractivity contribution in [2.24, 2.45) is 5.92 Å². The molecule has 0 aromatic carbocycles. The number of hydrogen-bond acceptors (Lipinski definition) is 3. The van der Waals surface area contributed by atoms with Crippen LogP contribution in [0, 0.1) is 12.8 Å². The highest BCUT2D eigenvalue weighted by Crippen LogP contribution is 2.17. The van der Waals surface area contributed by atoms with Gasteiger partial charge in [-0.1, -0.05) is 20.8 Å². The Hall–Kier alpha value is -1.55. The lowest BCUT2D eigenvalue weighted by molar-refractivity contribution is 0.446. The van der Waals surface area contributed by atoms with E-state index in [4.69, 9.17) is 4.42 Å². The van der Waals surface area contributed by atoms with Gasteiger partial charge in [-0.05, 0) is 31.9 Å². The fourth-order valence-corrected chi connectivity index (χ4v) is 2.44. The molecule has 1 N–H and O–H groups in total. The molecule has 0 saturated heterocycles. The van der Waals surface area contributed by atoms with E-state index >= 15 is 0 Å². The van der Waals surface area contributed by atoms with Gasteiger partial charge in [0.25, 0.3) is 0 Å². The third kappa shape index (κ3) is 4.46. The largest absolute Gasteiger partial charge is 0.465 e. The molecule has 4 nitrogen and oxygen atoms in total. The second-order valence-electron chi connectivity index (χ2n) is 6.04. The molecule has 2 rings (SSSR count). The van der Waals surface area contributed by atoms with Gasteiger partial charge in [-0.15, -0.1) is 0 Å². The van der Waals surface area contributed by atoms with Crippen molar-refractivity contribution in [3.05, 3.63) is 41.4 Å². The predicted octanol–water partition coefficient (Wildman–Crippen LogP) is 3.53. The minimum Gasteiger partial charge on any atom is -0.465 e. The molecule has 0 spiro atoms. The molecule has 0 fully saturated rings. The van der Waals surface area contributed by atoms with Crippen LogP contribution in [-0.2, 0) is 19.5 Å². The van der Waals surface area contributed by atoms with Crippen LogP contribution < -0.4 is 5.32 Å². The van der Waals surface area contributed by atoms with E-state index in [0.29, 0.717) is 5.92 Å². The van der Waals surface area contributed by atoms with Crippen molar-refractivity contribution in [2.45, 2.75) is 53.6 Å². The lowest BCUT2D eigenvalue weighted by Crippen LogP contribution is -2.18. The third-order valence-corrected chi connectivity index (χ3v) is 3.54. The van der Waals surface area contributed by atoms with Crippen LogP contribution in [-0.4, -0.2) is 16.1 Å². The Morgan fingerprint density at radius 3 is 2.90 bits per heavy atom. The molecule has 0 unspecified atom stereocenters. The van der Waals surface area contributed by atoms with Gasteiger partial charge in [-0.25, -0.2) is 4.98 Å². The van der Waals surface area contributed by atoms with Crippen molar-refractivity contribution in [3.8, 4) is 0 Å². The topological polar surface area (TPSA) is 43.0 Å². The van der Waals surface area contributed by atoms with E-state index in [0.717, 1.165) is 49.8 Å². The Bertz CT molecular complexity index is 554. The van der Waals surface area contributed by atoms with Crippen LogP contribution in [0.3, 0.4) is 0 Å². The minimum absolute atomic E-state index is 0.656. The molecular formula is C17H27N3O. The predicted molar refractivity (Wildman–Crippen MR) is 85.3 cm³/mol. The van der Waals surface area contributed by atoms with E-state index in [1.807, 2.05) is 19.3 Å². The monoisotopic (exact) mass is 289 g/mol. The zero-order valence-electron chi connectivity index (χ0n) is 13.6. The second-order valence-corrected chi connectivity index (χ2v) is 6.04. The summed E-state index contributed by atoms with van der Waals surface area (Å²) in [6.45, 7) is 11.3. The molecule has 0 bridgehead atoms. The first-order valence-electron chi connectivity index (χ1n) is 7.89. The number of aromatic nitrogens is 2. The van der Waals surface area contributed by atoms with Crippen LogP contribution >= 0.6 is 0 Å². The summed E-state index contributed by atoms with van der Waals surface area (Å²) in [5.41, 5.74) is 1.24. The van der Waals surface area contributed by atoms with Gasteiger partial charge in [0.1, 0.15) is 17.3 Å². The van der Waals surface area contributed by atoms with Gasteiger partial charge in [0.2, 0.25) is 0 Å². The molecule has 0 aliphatic carbocycles. The minimum atomic E-state index is 0.656. The van der Waals surface area contributed by atoms with Crippen LogP contribution in [0.25, 0.3) is 0 Å². The molecule has 0 aliphatic heterocycles. The third-order valence-electron chi connectivity index (χ3n) is 3.54. The number of nitrogens with one attached hydrogen (secondary N) is 1. The van der Waals surface area contributed by atoms with Crippen molar-refractivity contribution in [3.63, 3.8) is 0 Å². The smallest absolute Gasteiger partial charge is 0.118 e. The van der Waals surface area contributed by atoms with Gasteiger partial charge < -0.3 is 14.3 Å². The van der Waals surface area contributed by atoms with E-state index in [9.17, 15) is 0 Å². The van der Waals surface area contributed by atoms with Crippen LogP contribution in [0.15, 0.2) is 22.9 Å². The molecule has 0 amide bonds. The summed E-state index contributed by atoms with van der Waals surface area (Å²) >= 11 is 0. The fourth-order valence-electron chi connectivity index (χ4n) is 2.44. The molecule has 2 aromatic heterocycles. The summed E-state index contributed by atoms with van der Waals surface area (Å²) in [6, 6.07) is 2.17. The van der Waals surface area contributed by atoms with Crippen molar-refractivity contribution < 1.29 is 4.42 Å². The summed E-state index contributed by atoms with van der Waals surface area (Å²) in [5, 5.41) is 3.42. The molecule has 0 aliphatic rings. The molecule has 4 heteroatoms. The summed E-state index contributed by atoms with van der Waals surface area (Å²) in [7, 11) is 0. The highest BCUT2D eigenvalue weighted by molar-refractivity contribution is 5.21. The molecule has 21 heavy (non-hydrogen) atoms. The maximum absolute atomic E-state index is 5.85. The van der Waals surface area contributed by atoms with E-state index in [-0.39, 0.29) is 0 Å². The maximum Gasteiger partial charge on any atom is 0.118 e. The van der Waals surface area contributed by atoms with Gasteiger partial charge in [0.05, 0.1) is 13.1 Å². The zero-order chi connectivity index (χ0) is 15.2. The Balaban J connectivity index is 2.00. The van der Waals surface area contributed by atoms with Crippen molar-refractivity contribution in [1.29, 1.82) is 0 Å². The Morgan fingerprint density at radius 1 is 1.38 bits per heavy atom. The number of hydrogen-bond donors (Lipinski definition) is 1. The standard InChI is InChI=1S/C17H27N3O/c1-5-6-17-19-7-8-20(17)12-15-9-16(21-14(15)4)11-18-10-13(2)3/h7-9,13,18H,5-6,10-12H2,1-4H3. The normalized spacial score (nSPS) is 11.5. The van der Waals surface area contributed by atoms with Crippen molar-refractivity contribution >= 4 is 0 Å². The maximum atomic E-state index is 5.85. The van der Waals surface area contributed by atoms with Crippen molar-refractivity contribution in [1.82, 2.24) is 14.9 Å². The molecule has 2 aromatic rings. The van der Waals surface area contributed by atoms with E-state index in [1.165, 1.54) is 5.56 Å². The SMILES string of the molecule is CCCc1nccn1Cc1cc(CNCC(C)C)oc1C. The summed E-state index contributed by atoms with van der Waals surface area (Å²) < 4.78 is 8.06. The lowest BCUT2D eigenvalue weighted by Gasteiger charge is -2.05.